The summed E-state index contributed by atoms with van der Waals surface area (Å²) in [5.74, 6) is -0.337. The molecule has 0 fully saturated rings. The topological polar surface area (TPSA) is 51.2 Å². The average molecular weight is 309 g/mol. The molecule has 2 rings (SSSR count). The van der Waals surface area contributed by atoms with Gasteiger partial charge in [0.05, 0.1) is 12.7 Å². The Bertz CT molecular complexity index is 647. The van der Waals surface area contributed by atoms with Crippen molar-refractivity contribution in [3.05, 3.63) is 58.5 Å². The van der Waals surface area contributed by atoms with Gasteiger partial charge in [-0.15, -0.1) is 0 Å². The summed E-state index contributed by atoms with van der Waals surface area (Å²) in [6.07, 6.45) is 0. The maximum atomic E-state index is 12.9. The standard InChI is InChI=1S/C15H14ClFN2O2/c1-9(10-3-5-12(17)6-4-10)18-14-8-11(15(20)21-2)7-13(16)19-14/h3-9H,1-2H3,(H,18,19). The normalized spacial score (nSPS) is 11.8. The van der Waals surface area contributed by atoms with Gasteiger partial charge in [-0.3, -0.25) is 0 Å². The first-order valence-electron chi connectivity index (χ1n) is 6.27. The van der Waals surface area contributed by atoms with Gasteiger partial charge in [-0.05, 0) is 36.8 Å². The molecule has 4 nitrogen and oxygen atoms in total. The van der Waals surface area contributed by atoms with Crippen molar-refractivity contribution in [1.29, 1.82) is 0 Å². The van der Waals surface area contributed by atoms with Gasteiger partial charge in [-0.25, -0.2) is 14.2 Å². The number of methoxy groups -OCH3 is 1. The van der Waals surface area contributed by atoms with Crippen LogP contribution in [0.2, 0.25) is 5.15 Å². The van der Waals surface area contributed by atoms with Gasteiger partial charge in [0.1, 0.15) is 16.8 Å². The number of anilines is 1. The Morgan fingerprint density at radius 1 is 1.33 bits per heavy atom. The van der Waals surface area contributed by atoms with E-state index in [-0.39, 0.29) is 17.0 Å². The molecule has 1 unspecified atom stereocenters. The van der Waals surface area contributed by atoms with E-state index in [0.717, 1.165) is 5.56 Å². The molecule has 1 aromatic heterocycles. The van der Waals surface area contributed by atoms with E-state index in [1.165, 1.54) is 25.3 Å². The van der Waals surface area contributed by atoms with Crippen LogP contribution in [-0.2, 0) is 4.74 Å². The quantitative estimate of drug-likeness (QED) is 0.689. The fraction of sp³-hybridized carbons (Fsp3) is 0.200. The molecule has 1 heterocycles. The van der Waals surface area contributed by atoms with Crippen molar-refractivity contribution in [1.82, 2.24) is 4.98 Å². The molecule has 0 aliphatic heterocycles. The predicted molar refractivity (Wildman–Crippen MR) is 79.0 cm³/mol. The van der Waals surface area contributed by atoms with E-state index in [0.29, 0.717) is 11.4 Å². The second-order valence-corrected chi connectivity index (χ2v) is 4.86. The minimum atomic E-state index is -0.489. The summed E-state index contributed by atoms with van der Waals surface area (Å²) in [6.45, 7) is 1.90. The molecule has 6 heteroatoms. The molecule has 0 bridgehead atoms. The lowest BCUT2D eigenvalue weighted by Gasteiger charge is -2.15. The number of rotatable bonds is 4. The third-order valence-electron chi connectivity index (χ3n) is 2.95. The molecule has 0 amide bonds. The fourth-order valence-electron chi connectivity index (χ4n) is 1.86. The zero-order chi connectivity index (χ0) is 15.4. The van der Waals surface area contributed by atoms with Crippen LogP contribution in [0.15, 0.2) is 36.4 Å². The van der Waals surface area contributed by atoms with Gasteiger partial charge in [0.25, 0.3) is 0 Å². The highest BCUT2D eigenvalue weighted by Gasteiger charge is 2.12. The van der Waals surface area contributed by atoms with Crippen molar-refractivity contribution >= 4 is 23.4 Å². The number of aromatic nitrogens is 1. The van der Waals surface area contributed by atoms with E-state index in [4.69, 9.17) is 11.6 Å². The minimum Gasteiger partial charge on any atom is -0.465 e. The van der Waals surface area contributed by atoms with Crippen LogP contribution in [0.25, 0.3) is 0 Å². The number of nitrogens with zero attached hydrogens (tertiary/aromatic N) is 1. The maximum absolute atomic E-state index is 12.9. The van der Waals surface area contributed by atoms with Crippen LogP contribution in [-0.4, -0.2) is 18.1 Å². The van der Waals surface area contributed by atoms with E-state index in [1.807, 2.05) is 6.92 Å². The molecule has 1 atom stereocenters. The summed E-state index contributed by atoms with van der Waals surface area (Å²) in [4.78, 5) is 15.6. The largest absolute Gasteiger partial charge is 0.465 e. The van der Waals surface area contributed by atoms with Crippen molar-refractivity contribution in [2.45, 2.75) is 13.0 Å². The Kier molecular flexibility index (Phi) is 4.75. The summed E-state index contributed by atoms with van der Waals surface area (Å²) in [6, 6.07) is 9.00. The summed E-state index contributed by atoms with van der Waals surface area (Å²) >= 11 is 5.89. The Morgan fingerprint density at radius 2 is 2.00 bits per heavy atom. The molecule has 0 aliphatic carbocycles. The number of esters is 1. The van der Waals surface area contributed by atoms with Crippen LogP contribution in [0.5, 0.6) is 0 Å². The molecule has 2 aromatic rings. The second-order valence-electron chi connectivity index (χ2n) is 4.47. The molecule has 1 aromatic carbocycles. The lowest BCUT2D eigenvalue weighted by Crippen LogP contribution is -2.10. The summed E-state index contributed by atoms with van der Waals surface area (Å²) in [7, 11) is 1.30. The zero-order valence-corrected chi connectivity index (χ0v) is 12.3. The van der Waals surface area contributed by atoms with E-state index in [9.17, 15) is 9.18 Å². The number of carbonyl (C=O) groups excluding carboxylic acids is 1. The number of carbonyl (C=O) groups is 1. The molecule has 0 saturated carbocycles. The highest BCUT2D eigenvalue weighted by molar-refractivity contribution is 6.29. The van der Waals surface area contributed by atoms with Crippen LogP contribution >= 0.6 is 11.6 Å². The average Bonchev–Trinajstić information content (AvgIpc) is 2.46. The van der Waals surface area contributed by atoms with Gasteiger partial charge < -0.3 is 10.1 Å². The lowest BCUT2D eigenvalue weighted by atomic mass is 10.1. The van der Waals surface area contributed by atoms with Crippen LogP contribution in [0, 0.1) is 5.82 Å². The van der Waals surface area contributed by atoms with Crippen molar-refractivity contribution in [2.75, 3.05) is 12.4 Å². The molecular weight excluding hydrogens is 295 g/mol. The molecular formula is C15H14ClFN2O2. The minimum absolute atomic E-state index is 0.123. The smallest absolute Gasteiger partial charge is 0.338 e. The highest BCUT2D eigenvalue weighted by atomic mass is 35.5. The van der Waals surface area contributed by atoms with Crippen molar-refractivity contribution in [3.8, 4) is 0 Å². The first kappa shape index (κ1) is 15.3. The van der Waals surface area contributed by atoms with Crippen LogP contribution in [0.1, 0.15) is 28.9 Å². The SMILES string of the molecule is COC(=O)c1cc(Cl)nc(NC(C)c2ccc(F)cc2)c1. The van der Waals surface area contributed by atoms with Crippen molar-refractivity contribution in [2.24, 2.45) is 0 Å². The van der Waals surface area contributed by atoms with Crippen LogP contribution in [0.4, 0.5) is 10.2 Å². The Balaban J connectivity index is 2.20. The van der Waals surface area contributed by atoms with Crippen molar-refractivity contribution in [3.63, 3.8) is 0 Å². The molecule has 110 valence electrons. The summed E-state index contributed by atoms with van der Waals surface area (Å²) < 4.78 is 17.6. The zero-order valence-electron chi connectivity index (χ0n) is 11.6. The van der Waals surface area contributed by atoms with Crippen LogP contribution in [0.3, 0.4) is 0 Å². The van der Waals surface area contributed by atoms with Gasteiger partial charge in [0, 0.05) is 6.04 Å². The number of pyridine rings is 1. The van der Waals surface area contributed by atoms with Gasteiger partial charge >= 0.3 is 5.97 Å². The van der Waals surface area contributed by atoms with Crippen molar-refractivity contribution < 1.29 is 13.9 Å². The van der Waals surface area contributed by atoms with E-state index >= 15 is 0 Å². The molecule has 0 spiro atoms. The third kappa shape index (κ3) is 3.92. The maximum Gasteiger partial charge on any atom is 0.338 e. The number of hydrogen-bond acceptors (Lipinski definition) is 4. The molecule has 0 radical (unpaired) electrons. The number of halogens is 2. The van der Waals surface area contributed by atoms with E-state index in [1.54, 1.807) is 18.2 Å². The van der Waals surface area contributed by atoms with E-state index < -0.39 is 5.97 Å². The number of hydrogen-bond donors (Lipinski definition) is 1. The summed E-state index contributed by atoms with van der Waals surface area (Å²) in [5.41, 5.74) is 1.20. The molecule has 1 N–H and O–H groups in total. The first-order chi connectivity index (χ1) is 9.99. The third-order valence-corrected chi connectivity index (χ3v) is 3.14. The van der Waals surface area contributed by atoms with Gasteiger partial charge in [-0.1, -0.05) is 23.7 Å². The fourth-order valence-corrected chi connectivity index (χ4v) is 2.07. The number of benzene rings is 1. The van der Waals surface area contributed by atoms with Gasteiger partial charge in [0.2, 0.25) is 0 Å². The molecule has 0 saturated heterocycles. The van der Waals surface area contributed by atoms with Crippen LogP contribution < -0.4 is 5.32 Å². The van der Waals surface area contributed by atoms with Gasteiger partial charge in [-0.2, -0.15) is 0 Å². The Labute approximate surface area is 126 Å². The summed E-state index contributed by atoms with van der Waals surface area (Å²) in [5, 5.41) is 3.30. The molecule has 0 aliphatic rings. The molecule has 21 heavy (non-hydrogen) atoms. The monoisotopic (exact) mass is 308 g/mol. The second kappa shape index (κ2) is 6.54. The number of nitrogens with one attached hydrogen (secondary N) is 1. The highest BCUT2D eigenvalue weighted by Crippen LogP contribution is 2.21. The Hall–Kier alpha value is -2.14. The number of ether oxygens (including phenoxy) is 1. The first-order valence-corrected chi connectivity index (χ1v) is 6.65. The van der Waals surface area contributed by atoms with E-state index in [2.05, 4.69) is 15.0 Å². The lowest BCUT2D eigenvalue weighted by molar-refractivity contribution is 0.0600. The Morgan fingerprint density at radius 3 is 2.62 bits per heavy atom. The predicted octanol–water partition coefficient (Wildman–Crippen LogP) is 3.83. The van der Waals surface area contributed by atoms with Gasteiger partial charge in [0.15, 0.2) is 0 Å².